The van der Waals surface area contributed by atoms with Crippen molar-refractivity contribution in [1.82, 2.24) is 0 Å². The minimum absolute atomic E-state index is 0.0628. The van der Waals surface area contributed by atoms with Crippen molar-refractivity contribution in [2.75, 3.05) is 26.4 Å². The van der Waals surface area contributed by atoms with Crippen LogP contribution < -0.4 is 0 Å². The number of aliphatic carboxylic acids is 2. The van der Waals surface area contributed by atoms with E-state index < -0.39 is 23.9 Å². The molecule has 0 atom stereocenters. The maximum absolute atomic E-state index is 12.4. The predicted octanol–water partition coefficient (Wildman–Crippen LogP) is 7.97. The van der Waals surface area contributed by atoms with Gasteiger partial charge in [0.15, 0.2) is 0 Å². The van der Waals surface area contributed by atoms with E-state index in [1.165, 1.54) is 51.4 Å². The molecule has 1 aromatic carbocycles. The summed E-state index contributed by atoms with van der Waals surface area (Å²) in [5, 5.41) is 32.9. The van der Waals surface area contributed by atoms with Gasteiger partial charge in [0, 0.05) is 26.1 Å². The smallest absolute Gasteiger partial charge is 0.339 e. The molecule has 0 bridgehead atoms. The minimum Gasteiger partial charge on any atom is -0.481 e. The van der Waals surface area contributed by atoms with E-state index in [9.17, 15) is 19.2 Å². The fourth-order valence-corrected chi connectivity index (χ4v) is 4.22. The molecule has 0 saturated carbocycles. The fraction of sp³-hybridized carbons (Fsp3) is 0.722. The van der Waals surface area contributed by atoms with E-state index >= 15 is 0 Å². The highest BCUT2D eigenvalue weighted by Crippen LogP contribution is 2.14. The number of carboxylic acid groups (broad SMARTS) is 2. The largest absolute Gasteiger partial charge is 0.481 e. The molecule has 0 aromatic heterocycles. The number of unbranched alkanes of at least 4 members (excludes halogenated alkanes) is 14. The zero-order valence-electron chi connectivity index (χ0n) is 28.5. The van der Waals surface area contributed by atoms with Crippen LogP contribution in [0, 0.1) is 0 Å². The molecule has 46 heavy (non-hydrogen) atoms. The van der Waals surface area contributed by atoms with Crippen molar-refractivity contribution >= 4 is 23.9 Å². The Balaban J connectivity index is 0. The molecule has 0 amide bonds. The van der Waals surface area contributed by atoms with E-state index in [1.54, 1.807) is 24.3 Å². The maximum Gasteiger partial charge on any atom is 0.339 e. The third-order valence-electron chi connectivity index (χ3n) is 6.93. The normalized spacial score (nSPS) is 10.2. The Bertz CT molecular complexity index is 816. The van der Waals surface area contributed by atoms with Crippen molar-refractivity contribution in [3.05, 3.63) is 35.4 Å². The fourth-order valence-electron chi connectivity index (χ4n) is 4.22. The highest BCUT2D eigenvalue weighted by Gasteiger charge is 2.18. The van der Waals surface area contributed by atoms with Gasteiger partial charge < -0.3 is 29.9 Å². The Morgan fingerprint density at radius 1 is 0.500 bits per heavy atom. The Morgan fingerprint density at radius 3 is 1.15 bits per heavy atom. The van der Waals surface area contributed by atoms with Crippen LogP contribution in [0.4, 0.5) is 0 Å². The van der Waals surface area contributed by atoms with Crippen LogP contribution in [0.1, 0.15) is 163 Å². The monoisotopic (exact) mass is 654 g/mol. The number of benzene rings is 1. The first-order chi connectivity index (χ1) is 22.2. The molecule has 0 aliphatic heterocycles. The Kier molecular flexibility index (Phi) is 34.2. The van der Waals surface area contributed by atoms with Gasteiger partial charge in [-0.1, -0.05) is 103 Å². The lowest BCUT2D eigenvalue weighted by Gasteiger charge is -2.10. The number of aliphatic hydroxyl groups is 2. The summed E-state index contributed by atoms with van der Waals surface area (Å²) in [6, 6.07) is 6.74. The van der Waals surface area contributed by atoms with E-state index in [-0.39, 0.29) is 26.1 Å². The van der Waals surface area contributed by atoms with E-state index in [4.69, 9.17) is 29.9 Å². The second-order valence-corrected chi connectivity index (χ2v) is 11.2. The first-order valence-corrected chi connectivity index (χ1v) is 17.3. The summed E-state index contributed by atoms with van der Waals surface area (Å²) in [4.78, 5) is 44.5. The van der Waals surface area contributed by atoms with Crippen molar-refractivity contribution in [3.8, 4) is 0 Å². The molecule has 0 spiro atoms. The molecule has 0 aliphatic carbocycles. The highest BCUT2D eigenvalue weighted by molar-refractivity contribution is 6.03. The topological polar surface area (TPSA) is 168 Å². The van der Waals surface area contributed by atoms with Crippen LogP contribution in [0.15, 0.2) is 24.3 Å². The molecule has 0 radical (unpaired) electrons. The zero-order valence-corrected chi connectivity index (χ0v) is 28.5. The second-order valence-electron chi connectivity index (χ2n) is 11.2. The zero-order chi connectivity index (χ0) is 34.7. The molecule has 0 unspecified atom stereocenters. The van der Waals surface area contributed by atoms with Gasteiger partial charge in [-0.3, -0.25) is 9.59 Å². The second kappa shape index (κ2) is 34.9. The number of ether oxygens (including phenoxy) is 2. The van der Waals surface area contributed by atoms with Gasteiger partial charge in [-0.2, -0.15) is 0 Å². The van der Waals surface area contributed by atoms with E-state index in [0.717, 1.165) is 51.4 Å². The van der Waals surface area contributed by atoms with Crippen LogP contribution in [0.25, 0.3) is 0 Å². The van der Waals surface area contributed by atoms with Crippen LogP contribution in [0.3, 0.4) is 0 Å². The molecule has 0 fully saturated rings. The average molecular weight is 655 g/mol. The van der Waals surface area contributed by atoms with Gasteiger partial charge in [0.1, 0.15) is 0 Å². The molecule has 1 aromatic rings. The summed E-state index contributed by atoms with van der Waals surface area (Å²) in [5.41, 5.74) is 0.586. The molecule has 10 nitrogen and oxygen atoms in total. The number of hydrogen-bond donors (Lipinski definition) is 4. The summed E-state index contributed by atoms with van der Waals surface area (Å²) in [5.74, 6) is -2.63. The van der Waals surface area contributed by atoms with Gasteiger partial charge in [0.2, 0.25) is 0 Å². The van der Waals surface area contributed by atoms with Crippen molar-refractivity contribution in [3.63, 3.8) is 0 Å². The van der Waals surface area contributed by atoms with Gasteiger partial charge in [0.05, 0.1) is 24.3 Å². The quantitative estimate of drug-likeness (QED) is 0.0568. The number of hydrogen-bond acceptors (Lipinski definition) is 8. The predicted molar refractivity (Wildman–Crippen MR) is 180 cm³/mol. The lowest BCUT2D eigenvalue weighted by molar-refractivity contribution is -0.139. The SMILES string of the molecule is CCCCCCCCOC(=O)c1ccccc1C(=O)OCCCCCCCC.O=C(O)CCCCC(=O)O.OCCCCCCO. The number of carboxylic acids is 2. The van der Waals surface area contributed by atoms with Gasteiger partial charge in [-0.25, -0.2) is 9.59 Å². The molecule has 4 N–H and O–H groups in total. The van der Waals surface area contributed by atoms with Crippen LogP contribution in [-0.2, 0) is 19.1 Å². The van der Waals surface area contributed by atoms with Gasteiger partial charge in [0.25, 0.3) is 0 Å². The van der Waals surface area contributed by atoms with Crippen molar-refractivity contribution in [1.29, 1.82) is 0 Å². The number of carbonyl (C=O) groups excluding carboxylic acids is 2. The van der Waals surface area contributed by atoms with E-state index in [0.29, 0.717) is 37.2 Å². The van der Waals surface area contributed by atoms with Gasteiger partial charge in [-0.05, 0) is 50.7 Å². The van der Waals surface area contributed by atoms with Gasteiger partial charge >= 0.3 is 23.9 Å². The first kappa shape index (κ1) is 45.1. The molecule has 0 aliphatic rings. The standard InChI is InChI=1S/C24H38O4.C6H10O4.C6H14O2/c1-3-5-7-9-11-15-19-27-23(25)21-17-13-14-18-22(21)24(26)28-20-16-12-10-8-6-4-2;7-5(8)3-1-2-4-6(9)10;7-5-3-1-2-4-6-8/h13-14,17-18H,3-12,15-16,19-20H2,1-2H3;1-4H2,(H,7,8)(H,9,10);7-8H,1-6H2. The van der Waals surface area contributed by atoms with Crippen LogP contribution in [0.5, 0.6) is 0 Å². The minimum atomic E-state index is -0.870. The van der Waals surface area contributed by atoms with Crippen LogP contribution in [0.2, 0.25) is 0 Å². The number of esters is 2. The third kappa shape index (κ3) is 31.0. The van der Waals surface area contributed by atoms with E-state index in [2.05, 4.69) is 13.8 Å². The highest BCUT2D eigenvalue weighted by atomic mass is 16.5. The van der Waals surface area contributed by atoms with Crippen LogP contribution in [-0.4, -0.2) is 70.7 Å². The van der Waals surface area contributed by atoms with Crippen molar-refractivity contribution in [2.45, 2.75) is 142 Å². The average Bonchev–Trinajstić information content (AvgIpc) is 3.04. The molecule has 0 saturated heterocycles. The summed E-state index contributed by atoms with van der Waals surface area (Å²) in [7, 11) is 0. The Morgan fingerprint density at radius 2 is 0.826 bits per heavy atom. The summed E-state index contributed by atoms with van der Waals surface area (Å²) < 4.78 is 10.7. The van der Waals surface area contributed by atoms with E-state index in [1.807, 2.05) is 0 Å². The third-order valence-corrected chi connectivity index (χ3v) is 6.93. The van der Waals surface area contributed by atoms with Crippen molar-refractivity contribution in [2.24, 2.45) is 0 Å². The maximum atomic E-state index is 12.4. The molecule has 1 rings (SSSR count). The summed E-state index contributed by atoms with van der Waals surface area (Å²) >= 11 is 0. The Hall–Kier alpha value is -2.98. The Labute approximate surface area is 276 Å². The molecular weight excluding hydrogens is 592 g/mol. The number of aliphatic hydroxyl groups excluding tert-OH is 2. The molecule has 0 heterocycles. The molecule has 266 valence electrons. The lowest BCUT2D eigenvalue weighted by atomic mass is 10.1. The van der Waals surface area contributed by atoms with Gasteiger partial charge in [-0.15, -0.1) is 0 Å². The van der Waals surface area contributed by atoms with Crippen LogP contribution >= 0.6 is 0 Å². The molecular formula is C36H62O10. The summed E-state index contributed by atoms with van der Waals surface area (Å²) in [6.45, 7) is 5.74. The van der Waals surface area contributed by atoms with Crippen molar-refractivity contribution < 1.29 is 49.1 Å². The summed E-state index contributed by atoms with van der Waals surface area (Å²) in [6.07, 6.45) is 18.5. The first-order valence-electron chi connectivity index (χ1n) is 17.3. The molecule has 10 heteroatoms. The number of carbonyl (C=O) groups is 4. The lowest BCUT2D eigenvalue weighted by Crippen LogP contribution is -2.15. The number of rotatable bonds is 26.